The molecule has 5 nitrogen and oxygen atoms in total. The van der Waals surface area contributed by atoms with Gasteiger partial charge in [-0.05, 0) is 13.8 Å². The Morgan fingerprint density at radius 3 is 1.92 bits per heavy atom. The third-order valence-electron chi connectivity index (χ3n) is 0.893. The van der Waals surface area contributed by atoms with Crippen LogP contribution in [0.25, 0.3) is 0 Å². The molecule has 13 heavy (non-hydrogen) atoms. The molecule has 0 aromatic heterocycles. The minimum Gasteiger partial charge on any atom is -0.465 e. The van der Waals surface area contributed by atoms with Crippen molar-refractivity contribution in [3.63, 3.8) is 0 Å². The fourth-order valence-corrected chi connectivity index (χ4v) is 0.220. The summed E-state index contributed by atoms with van der Waals surface area (Å²) in [5, 5.41) is 0. The van der Waals surface area contributed by atoms with Crippen LogP contribution in [0.5, 0.6) is 0 Å². The monoisotopic (exact) mass is 188 g/mol. The number of hydrogen-bond donors (Lipinski definition) is 2. The normalized spacial score (nSPS) is 7.92. The molecule has 0 rings (SSSR count). The predicted octanol–water partition coefficient (Wildman–Crippen LogP) is -0.444. The largest absolute Gasteiger partial charge is 0.465 e. The Morgan fingerprint density at radius 2 is 1.85 bits per heavy atom. The van der Waals surface area contributed by atoms with Crippen LogP contribution < -0.4 is 11.5 Å². The van der Waals surface area contributed by atoms with E-state index in [1.54, 1.807) is 13.8 Å². The maximum Gasteiger partial charge on any atom is 0.319 e. The van der Waals surface area contributed by atoms with Crippen LogP contribution in [0.15, 0.2) is 12.2 Å². The Kier molecular flexibility index (Phi) is 9.53. The summed E-state index contributed by atoms with van der Waals surface area (Å²) < 4.78 is 4.43. The Hall–Kier alpha value is -1.36. The number of hydrogen-bond acceptors (Lipinski definition) is 4. The summed E-state index contributed by atoms with van der Waals surface area (Å²) in [5.74, 6) is -0.780. The van der Waals surface area contributed by atoms with Gasteiger partial charge < -0.3 is 16.2 Å². The molecule has 0 bridgehead atoms. The lowest BCUT2D eigenvalue weighted by Crippen LogP contribution is -2.16. The number of primary amides is 1. The number of carbonyl (C=O) groups excluding carboxylic acids is 2. The van der Waals surface area contributed by atoms with Crippen molar-refractivity contribution in [2.75, 3.05) is 13.2 Å². The Balaban J connectivity index is 0. The van der Waals surface area contributed by atoms with Crippen LogP contribution in [0.3, 0.4) is 0 Å². The van der Waals surface area contributed by atoms with E-state index in [1.807, 2.05) is 0 Å². The van der Waals surface area contributed by atoms with Gasteiger partial charge in [0.25, 0.3) is 0 Å². The molecule has 0 aromatic carbocycles. The van der Waals surface area contributed by atoms with Crippen LogP contribution in [0, 0.1) is 0 Å². The van der Waals surface area contributed by atoms with E-state index >= 15 is 0 Å². The number of amides is 1. The zero-order valence-corrected chi connectivity index (χ0v) is 8.00. The zero-order chi connectivity index (χ0) is 10.9. The van der Waals surface area contributed by atoms with E-state index in [1.165, 1.54) is 0 Å². The second-order valence-corrected chi connectivity index (χ2v) is 2.15. The van der Waals surface area contributed by atoms with Crippen LogP contribution in [0.4, 0.5) is 0 Å². The minimum absolute atomic E-state index is 0.0200. The standard InChI is InChI=1S/C4H9NO2.C4H7NO/c1-2-7-4(6)3-5;1-3(2)4(5)6/h2-3,5H2,1H3;1H2,2H3,(H2,5,6). The molecule has 76 valence electrons. The summed E-state index contributed by atoms with van der Waals surface area (Å²) in [6, 6.07) is 0. The average molecular weight is 188 g/mol. The van der Waals surface area contributed by atoms with Gasteiger partial charge in [0.15, 0.2) is 0 Å². The van der Waals surface area contributed by atoms with Gasteiger partial charge in [-0.25, -0.2) is 0 Å². The smallest absolute Gasteiger partial charge is 0.319 e. The first kappa shape index (κ1) is 14.2. The number of ether oxygens (including phenoxy) is 1. The molecule has 0 aliphatic heterocycles. The Labute approximate surface area is 77.7 Å². The molecule has 0 spiro atoms. The van der Waals surface area contributed by atoms with Gasteiger partial charge in [0, 0.05) is 5.57 Å². The quantitative estimate of drug-likeness (QED) is 0.463. The number of rotatable bonds is 3. The van der Waals surface area contributed by atoms with E-state index in [4.69, 9.17) is 11.5 Å². The molecule has 0 aromatic rings. The summed E-state index contributed by atoms with van der Waals surface area (Å²) in [6.45, 7) is 6.99. The van der Waals surface area contributed by atoms with Crippen molar-refractivity contribution in [3.8, 4) is 0 Å². The first-order valence-corrected chi connectivity index (χ1v) is 3.76. The average Bonchev–Trinajstić information content (AvgIpc) is 2.05. The lowest BCUT2D eigenvalue weighted by atomic mass is 10.3. The molecule has 0 heterocycles. The van der Waals surface area contributed by atoms with Gasteiger partial charge in [-0.15, -0.1) is 0 Å². The second-order valence-electron chi connectivity index (χ2n) is 2.15. The molecular formula is C8H16N2O3. The van der Waals surface area contributed by atoms with Crippen LogP contribution in [0.2, 0.25) is 0 Å². The molecule has 0 aliphatic rings. The van der Waals surface area contributed by atoms with Gasteiger partial charge in [0.2, 0.25) is 5.91 Å². The van der Waals surface area contributed by atoms with Crippen LogP contribution in [-0.4, -0.2) is 25.0 Å². The molecule has 0 saturated heterocycles. The van der Waals surface area contributed by atoms with Gasteiger partial charge in [-0.2, -0.15) is 0 Å². The highest BCUT2D eigenvalue weighted by Crippen LogP contribution is 1.78. The fourth-order valence-electron chi connectivity index (χ4n) is 0.220. The van der Waals surface area contributed by atoms with Gasteiger partial charge in [0.05, 0.1) is 13.2 Å². The Morgan fingerprint density at radius 1 is 1.46 bits per heavy atom. The molecule has 0 atom stereocenters. The van der Waals surface area contributed by atoms with Crippen molar-refractivity contribution in [2.45, 2.75) is 13.8 Å². The highest BCUT2D eigenvalue weighted by molar-refractivity contribution is 5.90. The molecule has 4 N–H and O–H groups in total. The first-order chi connectivity index (χ1) is 5.95. The predicted molar refractivity (Wildman–Crippen MR) is 49.7 cm³/mol. The van der Waals surface area contributed by atoms with Crippen molar-refractivity contribution in [2.24, 2.45) is 11.5 Å². The molecule has 1 amide bonds. The van der Waals surface area contributed by atoms with E-state index in [-0.39, 0.29) is 12.5 Å². The van der Waals surface area contributed by atoms with E-state index < -0.39 is 5.91 Å². The van der Waals surface area contributed by atoms with Gasteiger partial charge >= 0.3 is 5.97 Å². The zero-order valence-electron chi connectivity index (χ0n) is 8.00. The van der Waals surface area contributed by atoms with E-state index in [2.05, 4.69) is 11.3 Å². The molecule has 5 heteroatoms. The second kappa shape index (κ2) is 8.73. The third kappa shape index (κ3) is 13.6. The highest BCUT2D eigenvalue weighted by Gasteiger charge is 1.91. The van der Waals surface area contributed by atoms with E-state index in [0.29, 0.717) is 12.2 Å². The third-order valence-corrected chi connectivity index (χ3v) is 0.893. The minimum atomic E-state index is -0.435. The lowest BCUT2D eigenvalue weighted by molar-refractivity contribution is -0.141. The molecule has 0 aliphatic carbocycles. The van der Waals surface area contributed by atoms with Crippen LogP contribution in [-0.2, 0) is 14.3 Å². The Bertz CT molecular complexity index is 178. The maximum atomic E-state index is 10.1. The molecule has 0 unspecified atom stereocenters. The summed E-state index contributed by atoms with van der Waals surface area (Å²) in [5.41, 5.74) is 9.98. The SMILES string of the molecule is C=C(C)C(N)=O.CCOC(=O)CN. The van der Waals surface area contributed by atoms with Crippen molar-refractivity contribution < 1.29 is 14.3 Å². The fraction of sp³-hybridized carbons (Fsp3) is 0.500. The van der Waals surface area contributed by atoms with Crippen molar-refractivity contribution in [1.82, 2.24) is 0 Å². The first-order valence-electron chi connectivity index (χ1n) is 3.76. The van der Waals surface area contributed by atoms with Crippen molar-refractivity contribution in [3.05, 3.63) is 12.2 Å². The summed E-state index contributed by atoms with van der Waals surface area (Å²) >= 11 is 0. The summed E-state index contributed by atoms with van der Waals surface area (Å²) in [4.78, 5) is 19.9. The highest BCUT2D eigenvalue weighted by atomic mass is 16.5. The van der Waals surface area contributed by atoms with Crippen molar-refractivity contribution >= 4 is 11.9 Å². The van der Waals surface area contributed by atoms with Crippen LogP contribution >= 0.6 is 0 Å². The molecular weight excluding hydrogens is 172 g/mol. The molecule has 0 radical (unpaired) electrons. The molecule has 0 saturated carbocycles. The lowest BCUT2D eigenvalue weighted by Gasteiger charge is -1.93. The maximum absolute atomic E-state index is 10.1. The number of esters is 1. The molecule has 0 fully saturated rings. The van der Waals surface area contributed by atoms with E-state index in [0.717, 1.165) is 0 Å². The number of carbonyl (C=O) groups is 2. The summed E-state index contributed by atoms with van der Waals surface area (Å²) in [7, 11) is 0. The number of nitrogens with two attached hydrogens (primary N) is 2. The topological polar surface area (TPSA) is 95.4 Å². The van der Waals surface area contributed by atoms with E-state index in [9.17, 15) is 9.59 Å². The van der Waals surface area contributed by atoms with Crippen LogP contribution in [0.1, 0.15) is 13.8 Å². The van der Waals surface area contributed by atoms with Gasteiger partial charge in [0.1, 0.15) is 0 Å². The summed E-state index contributed by atoms with van der Waals surface area (Å²) in [6.07, 6.45) is 0. The van der Waals surface area contributed by atoms with Gasteiger partial charge in [-0.3, -0.25) is 9.59 Å². The van der Waals surface area contributed by atoms with Crippen molar-refractivity contribution in [1.29, 1.82) is 0 Å². The van der Waals surface area contributed by atoms with Gasteiger partial charge in [-0.1, -0.05) is 6.58 Å².